The highest BCUT2D eigenvalue weighted by Gasteiger charge is 2.18. The smallest absolute Gasteiger partial charge is 0.284 e. The molecule has 5 nitrogen and oxygen atoms in total. The highest BCUT2D eigenvalue weighted by Crippen LogP contribution is 2.18. The zero-order chi connectivity index (χ0) is 15.0. The molecule has 0 N–H and O–H groups in total. The molecule has 0 unspecified atom stereocenters. The van der Waals surface area contributed by atoms with Crippen LogP contribution in [-0.2, 0) is 6.54 Å². The highest BCUT2D eigenvalue weighted by molar-refractivity contribution is 7.18. The first-order chi connectivity index (χ1) is 10.0. The largest absolute Gasteiger partial charge is 0.335 e. The molecular weight excluding hydrogens is 308 g/mol. The van der Waals surface area contributed by atoms with E-state index in [4.69, 9.17) is 11.6 Å². The van der Waals surface area contributed by atoms with Crippen LogP contribution in [0.1, 0.15) is 21.2 Å². The lowest BCUT2D eigenvalue weighted by molar-refractivity contribution is 0.0783. The minimum Gasteiger partial charge on any atom is -0.335 e. The number of imidazole rings is 1. The second-order valence-corrected chi connectivity index (χ2v) is 6.20. The van der Waals surface area contributed by atoms with Crippen LogP contribution < -0.4 is 0 Å². The lowest BCUT2D eigenvalue weighted by Gasteiger charge is -2.15. The Hall–Kier alpha value is -1.92. The third-order valence-electron chi connectivity index (χ3n) is 3.11. The molecule has 0 aliphatic rings. The Balaban J connectivity index is 1.80. The monoisotopic (exact) mass is 320 g/mol. The summed E-state index contributed by atoms with van der Waals surface area (Å²) < 4.78 is 1.69. The maximum atomic E-state index is 12.4. The Bertz CT molecular complexity index is 810. The van der Waals surface area contributed by atoms with Crippen molar-refractivity contribution in [2.45, 2.75) is 13.5 Å². The van der Waals surface area contributed by atoms with Gasteiger partial charge in [-0.1, -0.05) is 35.1 Å². The fraction of sp³-hybridized carbons (Fsp3) is 0.214. The van der Waals surface area contributed by atoms with Crippen molar-refractivity contribution in [2.75, 3.05) is 7.05 Å². The highest BCUT2D eigenvalue weighted by atomic mass is 35.5. The number of nitrogens with zero attached hydrogens (tertiary/aromatic N) is 4. The fourth-order valence-corrected chi connectivity index (χ4v) is 3.19. The molecule has 2 heterocycles. The first-order valence-electron chi connectivity index (χ1n) is 6.35. The van der Waals surface area contributed by atoms with Crippen molar-refractivity contribution in [3.05, 3.63) is 51.9 Å². The number of carbonyl (C=O) groups is 1. The Morgan fingerprint density at radius 2 is 2.29 bits per heavy atom. The molecule has 0 fully saturated rings. The van der Waals surface area contributed by atoms with E-state index in [0.29, 0.717) is 16.6 Å². The third-order valence-corrected chi connectivity index (χ3v) is 4.28. The van der Waals surface area contributed by atoms with Crippen molar-refractivity contribution in [1.82, 2.24) is 19.5 Å². The summed E-state index contributed by atoms with van der Waals surface area (Å²) in [6, 6.07) is 7.48. The Labute approximate surface area is 130 Å². The zero-order valence-corrected chi connectivity index (χ0v) is 13.1. The molecule has 0 aliphatic carbocycles. The van der Waals surface area contributed by atoms with Gasteiger partial charge in [0.15, 0.2) is 0 Å². The lowest BCUT2D eigenvalue weighted by atomic mass is 10.2. The van der Waals surface area contributed by atoms with Gasteiger partial charge in [-0.15, -0.1) is 5.10 Å². The van der Waals surface area contributed by atoms with Crippen molar-refractivity contribution < 1.29 is 4.79 Å². The number of halogens is 1. The predicted molar refractivity (Wildman–Crippen MR) is 82.9 cm³/mol. The van der Waals surface area contributed by atoms with E-state index in [0.717, 1.165) is 16.2 Å². The molecule has 0 atom stereocenters. The second-order valence-electron chi connectivity index (χ2n) is 4.75. The van der Waals surface area contributed by atoms with Crippen LogP contribution in [0.2, 0.25) is 5.02 Å². The molecule has 0 spiro atoms. The van der Waals surface area contributed by atoms with E-state index in [1.165, 1.54) is 11.3 Å². The normalized spacial score (nSPS) is 11.0. The summed E-state index contributed by atoms with van der Waals surface area (Å²) in [5, 5.41) is 5.43. The first kappa shape index (κ1) is 14.0. The van der Waals surface area contributed by atoms with Gasteiger partial charge < -0.3 is 4.90 Å². The summed E-state index contributed by atoms with van der Waals surface area (Å²) in [5.74, 6) is 0.667. The molecule has 1 aromatic carbocycles. The molecule has 0 radical (unpaired) electrons. The Morgan fingerprint density at radius 3 is 3.00 bits per heavy atom. The van der Waals surface area contributed by atoms with Crippen LogP contribution in [0.15, 0.2) is 30.5 Å². The number of benzene rings is 1. The molecule has 0 saturated heterocycles. The van der Waals surface area contributed by atoms with E-state index in [9.17, 15) is 4.79 Å². The van der Waals surface area contributed by atoms with Crippen LogP contribution in [0.3, 0.4) is 0 Å². The Morgan fingerprint density at radius 1 is 1.48 bits per heavy atom. The van der Waals surface area contributed by atoms with Crippen LogP contribution in [0, 0.1) is 6.92 Å². The molecule has 21 heavy (non-hydrogen) atoms. The van der Waals surface area contributed by atoms with Gasteiger partial charge in [0.1, 0.15) is 10.7 Å². The van der Waals surface area contributed by atoms with Crippen LogP contribution in [0.5, 0.6) is 0 Å². The summed E-state index contributed by atoms with van der Waals surface area (Å²) >= 11 is 7.30. The number of carbonyl (C=O) groups excluding carboxylic acids is 1. The van der Waals surface area contributed by atoms with Gasteiger partial charge in [-0.2, -0.15) is 0 Å². The molecule has 7 heteroatoms. The SMILES string of the molecule is Cc1ncc2sc(C(=O)N(C)Cc3cccc(Cl)c3)nn12. The van der Waals surface area contributed by atoms with Gasteiger partial charge in [-0.3, -0.25) is 4.79 Å². The number of rotatable bonds is 3. The summed E-state index contributed by atoms with van der Waals surface area (Å²) in [6.45, 7) is 2.35. The van der Waals surface area contributed by atoms with Crippen LogP contribution in [0.25, 0.3) is 4.83 Å². The average Bonchev–Trinajstić information content (AvgIpc) is 3.00. The van der Waals surface area contributed by atoms with Crippen LogP contribution in [-0.4, -0.2) is 32.5 Å². The van der Waals surface area contributed by atoms with Crippen molar-refractivity contribution in [1.29, 1.82) is 0 Å². The molecule has 3 rings (SSSR count). The lowest BCUT2D eigenvalue weighted by Crippen LogP contribution is -2.26. The van der Waals surface area contributed by atoms with Gasteiger partial charge >= 0.3 is 0 Å². The number of hydrogen-bond acceptors (Lipinski definition) is 4. The third kappa shape index (κ3) is 2.77. The maximum Gasteiger partial charge on any atom is 0.284 e. The second kappa shape index (κ2) is 5.46. The molecule has 0 saturated carbocycles. The molecule has 0 bridgehead atoms. The molecule has 108 valence electrons. The fourth-order valence-electron chi connectivity index (χ4n) is 2.05. The van der Waals surface area contributed by atoms with E-state index in [1.54, 1.807) is 22.7 Å². The predicted octanol–water partition coefficient (Wildman–Crippen LogP) is 3.02. The van der Waals surface area contributed by atoms with E-state index in [1.807, 2.05) is 31.2 Å². The first-order valence-corrected chi connectivity index (χ1v) is 7.55. The van der Waals surface area contributed by atoms with Crippen LogP contribution >= 0.6 is 22.9 Å². The number of hydrogen-bond donors (Lipinski definition) is 0. The van der Waals surface area contributed by atoms with Crippen molar-refractivity contribution in [2.24, 2.45) is 0 Å². The van der Waals surface area contributed by atoms with Crippen LogP contribution in [0.4, 0.5) is 0 Å². The number of fused-ring (bicyclic) bond motifs is 1. The summed E-state index contributed by atoms with van der Waals surface area (Å²) in [7, 11) is 1.76. The van der Waals surface area contributed by atoms with E-state index >= 15 is 0 Å². The number of aryl methyl sites for hydroxylation is 1. The zero-order valence-electron chi connectivity index (χ0n) is 11.6. The van der Waals surface area contributed by atoms with Gasteiger partial charge in [0.2, 0.25) is 5.01 Å². The van der Waals surface area contributed by atoms with Gasteiger partial charge in [-0.25, -0.2) is 9.50 Å². The summed E-state index contributed by atoms with van der Waals surface area (Å²) in [4.78, 5) is 19.1. The molecule has 0 aliphatic heterocycles. The van der Waals surface area contributed by atoms with Crippen molar-refractivity contribution in [3.8, 4) is 0 Å². The summed E-state index contributed by atoms with van der Waals surface area (Å²) in [5.41, 5.74) is 0.986. The quantitative estimate of drug-likeness (QED) is 0.745. The molecule has 3 aromatic rings. The van der Waals surface area contributed by atoms with Crippen molar-refractivity contribution in [3.63, 3.8) is 0 Å². The molecule has 1 amide bonds. The minimum absolute atomic E-state index is 0.108. The van der Waals surface area contributed by atoms with Crippen molar-refractivity contribution >= 4 is 33.7 Å². The Kier molecular flexibility index (Phi) is 3.65. The van der Waals surface area contributed by atoms with Gasteiger partial charge in [-0.05, 0) is 24.6 Å². The minimum atomic E-state index is -0.108. The topological polar surface area (TPSA) is 50.5 Å². The van der Waals surface area contributed by atoms with Gasteiger partial charge in [0.25, 0.3) is 5.91 Å². The molecule has 2 aromatic heterocycles. The number of aromatic nitrogens is 3. The summed E-state index contributed by atoms with van der Waals surface area (Å²) in [6.07, 6.45) is 1.72. The number of amides is 1. The van der Waals surface area contributed by atoms with E-state index < -0.39 is 0 Å². The van der Waals surface area contributed by atoms with Gasteiger partial charge in [0, 0.05) is 18.6 Å². The van der Waals surface area contributed by atoms with Gasteiger partial charge in [0.05, 0.1) is 6.20 Å². The van der Waals surface area contributed by atoms with E-state index in [-0.39, 0.29) is 5.91 Å². The standard InChI is InChI=1S/C14H13ClN4OS/c1-9-16-7-12-19(9)17-13(21-12)14(20)18(2)8-10-4-3-5-11(15)6-10/h3-7H,8H2,1-2H3. The maximum absolute atomic E-state index is 12.4. The molecular formula is C14H13ClN4OS. The van der Waals surface area contributed by atoms with E-state index in [2.05, 4.69) is 10.1 Å². The average molecular weight is 321 g/mol.